The van der Waals surface area contributed by atoms with E-state index in [0.717, 1.165) is 36.8 Å². The summed E-state index contributed by atoms with van der Waals surface area (Å²) >= 11 is 12.0. The van der Waals surface area contributed by atoms with Crippen molar-refractivity contribution >= 4 is 23.2 Å². The fourth-order valence-electron chi connectivity index (χ4n) is 3.35. The number of benzene rings is 1. The van der Waals surface area contributed by atoms with Gasteiger partial charge in [0, 0.05) is 5.92 Å². The lowest BCUT2D eigenvalue weighted by molar-refractivity contribution is -0.902. The van der Waals surface area contributed by atoms with Crippen LogP contribution < -0.4 is 5.73 Å². The Bertz CT molecular complexity index is 562. The van der Waals surface area contributed by atoms with E-state index in [2.05, 4.69) is 26.1 Å². The fourth-order valence-corrected chi connectivity index (χ4v) is 3.67. The molecule has 1 aromatic rings. The predicted octanol–water partition coefficient (Wildman–Crippen LogP) is 4.97. The van der Waals surface area contributed by atoms with Crippen molar-refractivity contribution in [3.8, 4) is 0 Å². The van der Waals surface area contributed by atoms with Crippen molar-refractivity contribution in [2.24, 2.45) is 11.7 Å². The number of quaternary nitrogens is 1. The van der Waals surface area contributed by atoms with Crippen molar-refractivity contribution in [3.05, 3.63) is 46.1 Å². The van der Waals surface area contributed by atoms with E-state index < -0.39 is 0 Å². The van der Waals surface area contributed by atoms with Gasteiger partial charge in [0.05, 0.1) is 16.2 Å². The van der Waals surface area contributed by atoms with Gasteiger partial charge in [0.25, 0.3) is 0 Å². The van der Waals surface area contributed by atoms with Crippen molar-refractivity contribution in [2.45, 2.75) is 45.6 Å². The van der Waals surface area contributed by atoms with Crippen LogP contribution in [-0.4, -0.2) is 30.5 Å². The average Bonchev–Trinajstić information content (AvgIpc) is 2.98. The van der Waals surface area contributed by atoms with E-state index in [1.54, 1.807) is 0 Å². The maximum atomic E-state index is 6.06. The SMILES string of the molecule is CC(C)[C@H]1COC[N@+]1(C=CCCCCc1ccc(Cl)c(Cl)c1)CN. The number of nitrogens with two attached hydrogens (primary N) is 1. The number of halogens is 2. The Morgan fingerprint density at radius 2 is 2.08 bits per heavy atom. The van der Waals surface area contributed by atoms with Crippen LogP contribution in [0.3, 0.4) is 0 Å². The van der Waals surface area contributed by atoms with E-state index in [9.17, 15) is 0 Å². The Kier molecular flexibility index (Phi) is 7.58. The first-order valence-electron chi connectivity index (χ1n) is 8.74. The van der Waals surface area contributed by atoms with Gasteiger partial charge in [0.15, 0.2) is 6.73 Å². The Balaban J connectivity index is 1.78. The molecule has 0 bridgehead atoms. The van der Waals surface area contributed by atoms with Crippen LogP contribution >= 0.6 is 23.2 Å². The van der Waals surface area contributed by atoms with Gasteiger partial charge in [-0.1, -0.05) is 43.1 Å². The summed E-state index contributed by atoms with van der Waals surface area (Å²) < 4.78 is 6.45. The Hall–Kier alpha value is -0.580. The molecule has 0 unspecified atom stereocenters. The maximum Gasteiger partial charge on any atom is 0.188 e. The summed E-state index contributed by atoms with van der Waals surface area (Å²) in [6.07, 6.45) is 8.90. The van der Waals surface area contributed by atoms with Crippen LogP contribution in [0.15, 0.2) is 30.5 Å². The summed E-state index contributed by atoms with van der Waals surface area (Å²) in [6, 6.07) is 6.34. The number of rotatable bonds is 8. The standard InChI is InChI=1S/C19H29Cl2N2O/c1-15(2)19-12-24-14-23(19,13-22)10-6-4-3-5-7-16-8-9-17(20)18(21)11-16/h6,8-11,15,19H,3-5,7,12-14,22H2,1-2H3/q+1/t19-,23+/m1/s1. The van der Waals surface area contributed by atoms with Gasteiger partial charge in [0.2, 0.25) is 0 Å². The van der Waals surface area contributed by atoms with Crippen LogP contribution in [0.25, 0.3) is 0 Å². The fraction of sp³-hybridized carbons (Fsp3) is 0.579. The highest BCUT2D eigenvalue weighted by molar-refractivity contribution is 6.42. The zero-order chi connectivity index (χ0) is 17.6. The summed E-state index contributed by atoms with van der Waals surface area (Å²) in [5.41, 5.74) is 7.30. The van der Waals surface area contributed by atoms with Gasteiger partial charge in [-0.3, -0.25) is 10.2 Å². The Morgan fingerprint density at radius 1 is 1.29 bits per heavy atom. The lowest BCUT2D eigenvalue weighted by Gasteiger charge is -2.35. The number of allylic oxidation sites excluding steroid dienone is 1. The van der Waals surface area contributed by atoms with Crippen molar-refractivity contribution in [1.82, 2.24) is 0 Å². The smallest absolute Gasteiger partial charge is 0.188 e. The molecule has 1 aliphatic rings. The van der Waals surface area contributed by atoms with E-state index in [1.165, 1.54) is 5.56 Å². The molecule has 1 fully saturated rings. The number of ether oxygens (including phenoxy) is 1. The first-order chi connectivity index (χ1) is 11.5. The van der Waals surface area contributed by atoms with E-state index >= 15 is 0 Å². The first kappa shape index (κ1) is 19.7. The molecule has 3 nitrogen and oxygen atoms in total. The third-order valence-corrected chi connectivity index (χ3v) is 5.60. The van der Waals surface area contributed by atoms with Gasteiger partial charge < -0.3 is 4.74 Å². The maximum absolute atomic E-state index is 6.06. The van der Waals surface area contributed by atoms with Gasteiger partial charge in [-0.15, -0.1) is 0 Å². The highest BCUT2D eigenvalue weighted by atomic mass is 35.5. The van der Waals surface area contributed by atoms with Crippen LogP contribution in [0.4, 0.5) is 0 Å². The average molecular weight is 372 g/mol. The molecule has 1 heterocycles. The highest BCUT2D eigenvalue weighted by Gasteiger charge is 2.41. The van der Waals surface area contributed by atoms with Crippen molar-refractivity contribution in [1.29, 1.82) is 0 Å². The molecule has 1 aromatic carbocycles. The predicted molar refractivity (Wildman–Crippen MR) is 102 cm³/mol. The molecule has 0 spiro atoms. The van der Waals surface area contributed by atoms with Crippen LogP contribution in [-0.2, 0) is 11.2 Å². The van der Waals surface area contributed by atoms with Crippen LogP contribution in [0, 0.1) is 5.92 Å². The summed E-state index contributed by atoms with van der Waals surface area (Å²) in [5.74, 6) is 0.565. The van der Waals surface area contributed by atoms with Gasteiger partial charge in [0.1, 0.15) is 19.3 Å². The molecule has 1 aliphatic heterocycles. The molecule has 2 atom stereocenters. The monoisotopic (exact) mass is 371 g/mol. The quantitative estimate of drug-likeness (QED) is 0.517. The molecule has 5 heteroatoms. The molecule has 134 valence electrons. The summed E-state index contributed by atoms with van der Waals surface area (Å²) in [6.45, 7) is 6.58. The second-order valence-electron chi connectivity index (χ2n) is 6.98. The zero-order valence-electron chi connectivity index (χ0n) is 14.7. The van der Waals surface area contributed by atoms with Crippen molar-refractivity contribution in [3.63, 3.8) is 0 Å². The molecule has 0 radical (unpaired) electrons. The molecular weight excluding hydrogens is 343 g/mol. The Labute approximate surface area is 156 Å². The van der Waals surface area contributed by atoms with Crippen LogP contribution in [0.1, 0.15) is 38.7 Å². The van der Waals surface area contributed by atoms with Crippen molar-refractivity contribution in [2.75, 3.05) is 20.0 Å². The molecule has 0 saturated carbocycles. The molecular formula is C19H29Cl2N2O+. The van der Waals surface area contributed by atoms with Crippen molar-refractivity contribution < 1.29 is 9.22 Å². The molecule has 0 aromatic heterocycles. The zero-order valence-corrected chi connectivity index (χ0v) is 16.2. The molecule has 1 saturated heterocycles. The van der Waals surface area contributed by atoms with E-state index in [1.807, 2.05) is 18.2 Å². The lowest BCUT2D eigenvalue weighted by Crippen LogP contribution is -2.53. The largest absolute Gasteiger partial charge is 0.325 e. The number of nitrogens with zero attached hydrogens (tertiary/aromatic N) is 1. The lowest BCUT2D eigenvalue weighted by atomic mass is 10.0. The second-order valence-corrected chi connectivity index (χ2v) is 7.79. The summed E-state index contributed by atoms with van der Waals surface area (Å²) in [4.78, 5) is 0. The van der Waals surface area contributed by atoms with E-state index in [-0.39, 0.29) is 0 Å². The first-order valence-corrected chi connectivity index (χ1v) is 9.50. The van der Waals surface area contributed by atoms with E-state index in [4.69, 9.17) is 33.7 Å². The van der Waals surface area contributed by atoms with Gasteiger partial charge >= 0.3 is 0 Å². The molecule has 2 rings (SSSR count). The highest BCUT2D eigenvalue weighted by Crippen LogP contribution is 2.27. The van der Waals surface area contributed by atoms with Gasteiger partial charge in [-0.25, -0.2) is 0 Å². The van der Waals surface area contributed by atoms with Crippen LogP contribution in [0.5, 0.6) is 0 Å². The Morgan fingerprint density at radius 3 is 2.75 bits per heavy atom. The third-order valence-electron chi connectivity index (χ3n) is 4.86. The van der Waals surface area contributed by atoms with Crippen LogP contribution in [0.2, 0.25) is 10.0 Å². The number of hydrogen-bond acceptors (Lipinski definition) is 2. The second kappa shape index (κ2) is 9.21. The normalized spacial score (nSPS) is 24.3. The topological polar surface area (TPSA) is 35.2 Å². The number of hydrogen-bond donors (Lipinski definition) is 1. The molecule has 24 heavy (non-hydrogen) atoms. The third kappa shape index (κ3) is 4.96. The van der Waals surface area contributed by atoms with Gasteiger partial charge in [-0.2, -0.15) is 0 Å². The minimum absolute atomic E-state index is 0.461. The summed E-state index contributed by atoms with van der Waals surface area (Å²) in [7, 11) is 0. The number of aryl methyl sites for hydroxylation is 1. The minimum Gasteiger partial charge on any atom is -0.325 e. The van der Waals surface area contributed by atoms with E-state index in [0.29, 0.717) is 35.4 Å². The molecule has 0 aliphatic carbocycles. The molecule has 2 N–H and O–H groups in total. The minimum atomic E-state index is 0.461. The number of unbranched alkanes of at least 4 members (excludes halogenated alkanes) is 2. The van der Waals surface area contributed by atoms with Gasteiger partial charge in [-0.05, 0) is 49.5 Å². The summed E-state index contributed by atoms with van der Waals surface area (Å²) in [5, 5.41) is 1.25. The molecule has 0 amide bonds.